The molecule has 4 heterocycles. The molecule has 9 nitrogen and oxygen atoms in total. The molecule has 1 atom stereocenters. The van der Waals surface area contributed by atoms with Crippen LogP contribution in [0.15, 0.2) is 41.7 Å². The Labute approximate surface area is 205 Å². The average molecular weight is 484 g/mol. The summed E-state index contributed by atoms with van der Waals surface area (Å²) >= 11 is 1.66. The van der Waals surface area contributed by atoms with E-state index in [9.17, 15) is 4.79 Å². The maximum absolute atomic E-state index is 12.3. The molecule has 0 fully saturated rings. The lowest BCUT2D eigenvalue weighted by atomic mass is 9.98. The third-order valence-corrected chi connectivity index (χ3v) is 7.26. The first-order valence-electron chi connectivity index (χ1n) is 10.9. The second-order valence-electron chi connectivity index (χ2n) is 8.16. The van der Waals surface area contributed by atoms with Crippen molar-refractivity contribution in [1.82, 2.24) is 24.7 Å². The maximum atomic E-state index is 12.3. The third-order valence-electron chi connectivity index (χ3n) is 6.06. The van der Waals surface area contributed by atoms with Gasteiger partial charge in [0.2, 0.25) is 0 Å². The zero-order valence-electron chi connectivity index (χ0n) is 19.6. The fourth-order valence-corrected chi connectivity index (χ4v) is 5.36. The predicted octanol–water partition coefficient (Wildman–Crippen LogP) is 4.04. The van der Waals surface area contributed by atoms with Gasteiger partial charge in [-0.1, -0.05) is 24.3 Å². The Morgan fingerprint density at radius 1 is 1.14 bits per heavy atom. The number of carbonyl (C=O) groups excluding carboxylic acids is 1. The van der Waals surface area contributed by atoms with Gasteiger partial charge in [0.15, 0.2) is 5.82 Å². The molecule has 0 amide bonds. The number of carbonyl (C=O) groups is 1. The Morgan fingerprint density at radius 3 is 2.60 bits per heavy atom. The number of benzene rings is 1. The number of fused-ring (bicyclic) bond motifs is 3. The van der Waals surface area contributed by atoms with Crippen LogP contribution in [0, 0.1) is 32.1 Å². The molecule has 0 unspecified atom stereocenters. The molecule has 0 radical (unpaired) electrons. The highest BCUT2D eigenvalue weighted by Gasteiger charge is 2.32. The van der Waals surface area contributed by atoms with Crippen LogP contribution in [0.4, 0.5) is 0 Å². The SMILES string of the molecule is COC(=O)C[C@@H]1N=C(c2ccc(-c3cc(C#N)ncn3)cc2)c2c(sc(C)c2C)-n2c(C)nnc21. The van der Waals surface area contributed by atoms with Crippen LogP contribution in [0.5, 0.6) is 0 Å². The molecule has 0 saturated heterocycles. The second kappa shape index (κ2) is 8.85. The summed E-state index contributed by atoms with van der Waals surface area (Å²) < 4.78 is 6.95. The fraction of sp³-hybridized carbons (Fsp3) is 0.240. The number of methoxy groups -OCH3 is 1. The van der Waals surface area contributed by atoms with Gasteiger partial charge in [0.05, 0.1) is 24.9 Å². The summed E-state index contributed by atoms with van der Waals surface area (Å²) in [7, 11) is 1.37. The van der Waals surface area contributed by atoms with E-state index in [4.69, 9.17) is 15.0 Å². The molecular weight excluding hydrogens is 462 g/mol. The van der Waals surface area contributed by atoms with Crippen molar-refractivity contribution in [1.29, 1.82) is 5.26 Å². The van der Waals surface area contributed by atoms with Gasteiger partial charge in [-0.3, -0.25) is 14.4 Å². The Morgan fingerprint density at radius 2 is 1.89 bits per heavy atom. The number of aryl methyl sites for hydroxylation is 2. The van der Waals surface area contributed by atoms with Gasteiger partial charge in [-0.25, -0.2) is 9.97 Å². The zero-order valence-corrected chi connectivity index (χ0v) is 20.4. The van der Waals surface area contributed by atoms with Gasteiger partial charge >= 0.3 is 5.97 Å². The van der Waals surface area contributed by atoms with E-state index in [1.807, 2.05) is 41.8 Å². The van der Waals surface area contributed by atoms with E-state index in [1.165, 1.54) is 18.3 Å². The molecule has 1 aromatic carbocycles. The monoisotopic (exact) mass is 483 g/mol. The summed E-state index contributed by atoms with van der Waals surface area (Å²) in [6.45, 7) is 6.07. The predicted molar refractivity (Wildman–Crippen MR) is 131 cm³/mol. The van der Waals surface area contributed by atoms with Gasteiger partial charge in [-0.15, -0.1) is 21.5 Å². The summed E-state index contributed by atoms with van der Waals surface area (Å²) in [4.78, 5) is 26.7. The maximum Gasteiger partial charge on any atom is 0.308 e. The molecule has 0 spiro atoms. The average Bonchev–Trinajstić information content (AvgIpc) is 3.36. The van der Waals surface area contributed by atoms with Crippen LogP contribution in [0.3, 0.4) is 0 Å². The highest BCUT2D eigenvalue weighted by molar-refractivity contribution is 7.15. The Hall–Kier alpha value is -4.23. The minimum Gasteiger partial charge on any atom is -0.469 e. The number of hydrogen-bond acceptors (Lipinski definition) is 9. The molecule has 1 aliphatic rings. The van der Waals surface area contributed by atoms with Gasteiger partial charge in [0, 0.05) is 27.6 Å². The van der Waals surface area contributed by atoms with Crippen molar-refractivity contribution in [3.63, 3.8) is 0 Å². The van der Waals surface area contributed by atoms with Crippen molar-refractivity contribution < 1.29 is 9.53 Å². The van der Waals surface area contributed by atoms with Crippen molar-refractivity contribution in [3.05, 3.63) is 75.6 Å². The molecule has 0 saturated carbocycles. The number of aliphatic imine (C=N–C) groups is 1. The van der Waals surface area contributed by atoms with E-state index < -0.39 is 6.04 Å². The first-order valence-corrected chi connectivity index (χ1v) is 11.7. The molecule has 4 aromatic rings. The molecule has 0 aliphatic carbocycles. The van der Waals surface area contributed by atoms with Crippen molar-refractivity contribution in [2.45, 2.75) is 33.2 Å². The second-order valence-corrected chi connectivity index (χ2v) is 9.36. The van der Waals surface area contributed by atoms with Gasteiger partial charge in [-0.2, -0.15) is 5.26 Å². The quantitative estimate of drug-likeness (QED) is 0.402. The van der Waals surface area contributed by atoms with Crippen molar-refractivity contribution in [2.24, 2.45) is 4.99 Å². The number of ether oxygens (including phenoxy) is 1. The standard InChI is InChI=1S/C25H21N7O2S/c1-13-14(2)35-25-22(13)23(29-20(10-21(33)34-4)24-31-30-15(3)32(24)25)17-7-5-16(6-8-17)19-9-18(11-26)27-12-28-19/h5-9,12,20H,10H2,1-4H3/t20-/m0/s1. The van der Waals surface area contributed by atoms with Crippen molar-refractivity contribution in [2.75, 3.05) is 7.11 Å². The molecular formula is C25H21N7O2S. The van der Waals surface area contributed by atoms with Crippen LogP contribution in [0.1, 0.15) is 51.4 Å². The van der Waals surface area contributed by atoms with Gasteiger partial charge in [0.25, 0.3) is 0 Å². The van der Waals surface area contributed by atoms with Crippen LogP contribution in [0.2, 0.25) is 0 Å². The van der Waals surface area contributed by atoms with E-state index in [-0.39, 0.29) is 12.4 Å². The van der Waals surface area contributed by atoms with E-state index in [2.05, 4.69) is 34.0 Å². The number of thiophene rings is 1. The van der Waals surface area contributed by atoms with Crippen LogP contribution in [0.25, 0.3) is 16.3 Å². The highest BCUT2D eigenvalue weighted by atomic mass is 32.1. The number of esters is 1. The van der Waals surface area contributed by atoms with Crippen molar-refractivity contribution >= 4 is 23.0 Å². The number of rotatable bonds is 4. The molecule has 10 heteroatoms. The molecule has 1 aliphatic heterocycles. The zero-order chi connectivity index (χ0) is 24.7. The Bertz CT molecular complexity index is 1530. The van der Waals surface area contributed by atoms with Crippen LogP contribution >= 0.6 is 11.3 Å². The lowest BCUT2D eigenvalue weighted by Gasteiger charge is -2.12. The topological polar surface area (TPSA) is 119 Å². The fourth-order valence-electron chi connectivity index (χ4n) is 4.14. The molecule has 0 bridgehead atoms. The number of aromatic nitrogens is 5. The molecule has 174 valence electrons. The summed E-state index contributed by atoms with van der Waals surface area (Å²) in [5.74, 6) is 0.990. The van der Waals surface area contributed by atoms with E-state index in [0.29, 0.717) is 17.2 Å². The molecule has 5 rings (SSSR count). The van der Waals surface area contributed by atoms with E-state index in [1.54, 1.807) is 17.4 Å². The Balaban J connectivity index is 1.67. The minimum absolute atomic E-state index is 0.0566. The lowest BCUT2D eigenvalue weighted by Crippen LogP contribution is -2.12. The largest absolute Gasteiger partial charge is 0.469 e. The number of nitriles is 1. The number of nitrogens with zero attached hydrogens (tertiary/aromatic N) is 7. The van der Waals surface area contributed by atoms with Gasteiger partial charge in [0.1, 0.15) is 35.0 Å². The van der Waals surface area contributed by atoms with Crippen LogP contribution in [-0.4, -0.2) is 43.5 Å². The number of hydrogen-bond donors (Lipinski definition) is 0. The molecule has 3 aromatic heterocycles. The summed E-state index contributed by atoms with van der Waals surface area (Å²) in [6.07, 6.45) is 1.44. The van der Waals surface area contributed by atoms with Crippen molar-refractivity contribution in [3.8, 4) is 22.3 Å². The highest BCUT2D eigenvalue weighted by Crippen LogP contribution is 2.39. The first-order chi connectivity index (χ1) is 16.9. The molecule has 0 N–H and O–H groups in total. The summed E-state index contributed by atoms with van der Waals surface area (Å²) in [6, 6.07) is 11.0. The normalized spacial score (nSPS) is 14.4. The summed E-state index contributed by atoms with van der Waals surface area (Å²) in [5.41, 5.74) is 5.65. The third kappa shape index (κ3) is 3.90. The first kappa shape index (κ1) is 22.6. The smallest absolute Gasteiger partial charge is 0.308 e. The summed E-state index contributed by atoms with van der Waals surface area (Å²) in [5, 5.41) is 18.8. The van der Waals surface area contributed by atoms with Gasteiger partial charge < -0.3 is 4.74 Å². The Kier molecular flexibility index (Phi) is 5.70. The van der Waals surface area contributed by atoms with Crippen LogP contribution < -0.4 is 0 Å². The molecule has 35 heavy (non-hydrogen) atoms. The minimum atomic E-state index is -0.544. The lowest BCUT2D eigenvalue weighted by molar-refractivity contribution is -0.141. The van der Waals surface area contributed by atoms with E-state index >= 15 is 0 Å². The van der Waals surface area contributed by atoms with E-state index in [0.717, 1.165) is 38.8 Å². The van der Waals surface area contributed by atoms with Crippen LogP contribution in [-0.2, 0) is 9.53 Å². The van der Waals surface area contributed by atoms with Gasteiger partial charge in [-0.05, 0) is 26.3 Å².